The van der Waals surface area contributed by atoms with Crippen LogP contribution >= 0.6 is 0 Å². The molecule has 0 radical (unpaired) electrons. The topological polar surface area (TPSA) is 69.2 Å². The van der Waals surface area contributed by atoms with Gasteiger partial charge in [-0.1, -0.05) is 18.6 Å². The monoisotopic (exact) mass is 261 g/mol. The predicted molar refractivity (Wildman–Crippen MR) is 74.1 cm³/mol. The minimum Gasteiger partial charge on any atom is -0.395 e. The number of H-pyrrole nitrogens is 1. The van der Waals surface area contributed by atoms with Crippen LogP contribution in [0.4, 0.5) is 0 Å². The van der Waals surface area contributed by atoms with E-state index in [1.807, 2.05) is 32.0 Å². The minimum atomic E-state index is -0.132. The van der Waals surface area contributed by atoms with E-state index in [1.165, 1.54) is 0 Å². The number of carbonyl (C=O) groups is 1. The maximum Gasteiger partial charge on any atom is 0.275 e. The lowest BCUT2D eigenvalue weighted by Crippen LogP contribution is -2.34. The van der Waals surface area contributed by atoms with Crippen LogP contribution < -0.4 is 0 Å². The molecule has 0 saturated heterocycles. The summed E-state index contributed by atoms with van der Waals surface area (Å²) in [6, 6.07) is 5.85. The SMILES string of the molecule is CCCN(CCO)C(=O)c1n[nH]c2ccc(C)cc12. The first kappa shape index (κ1) is 13.5. The van der Waals surface area contributed by atoms with Crippen molar-refractivity contribution in [1.82, 2.24) is 15.1 Å². The third-order valence-corrected chi connectivity index (χ3v) is 3.07. The van der Waals surface area contributed by atoms with Gasteiger partial charge in [0.25, 0.3) is 5.91 Å². The lowest BCUT2D eigenvalue weighted by atomic mass is 10.1. The van der Waals surface area contributed by atoms with Crippen molar-refractivity contribution in [1.29, 1.82) is 0 Å². The molecule has 1 amide bonds. The zero-order chi connectivity index (χ0) is 13.8. The Kier molecular flexibility index (Phi) is 4.16. The molecule has 0 aliphatic carbocycles. The second-order valence-corrected chi connectivity index (χ2v) is 4.64. The van der Waals surface area contributed by atoms with Gasteiger partial charge in [0.1, 0.15) is 0 Å². The van der Waals surface area contributed by atoms with Crippen molar-refractivity contribution in [3.63, 3.8) is 0 Å². The Morgan fingerprint density at radius 2 is 2.21 bits per heavy atom. The molecule has 1 heterocycles. The van der Waals surface area contributed by atoms with Crippen LogP contribution in [0.15, 0.2) is 18.2 Å². The number of amides is 1. The number of aromatic amines is 1. The molecule has 19 heavy (non-hydrogen) atoms. The van der Waals surface area contributed by atoms with Crippen LogP contribution in [0, 0.1) is 6.92 Å². The van der Waals surface area contributed by atoms with Crippen LogP contribution in [0.5, 0.6) is 0 Å². The van der Waals surface area contributed by atoms with Crippen molar-refractivity contribution in [3.05, 3.63) is 29.5 Å². The summed E-state index contributed by atoms with van der Waals surface area (Å²) in [6.07, 6.45) is 0.854. The van der Waals surface area contributed by atoms with E-state index in [-0.39, 0.29) is 12.5 Å². The van der Waals surface area contributed by atoms with Gasteiger partial charge in [0.15, 0.2) is 5.69 Å². The Morgan fingerprint density at radius 1 is 1.42 bits per heavy atom. The molecule has 0 atom stereocenters. The summed E-state index contributed by atoms with van der Waals surface area (Å²) < 4.78 is 0. The molecule has 5 heteroatoms. The number of aliphatic hydroxyl groups is 1. The average molecular weight is 261 g/mol. The third-order valence-electron chi connectivity index (χ3n) is 3.07. The summed E-state index contributed by atoms with van der Waals surface area (Å²) in [6.45, 7) is 4.92. The maximum absolute atomic E-state index is 12.4. The second-order valence-electron chi connectivity index (χ2n) is 4.64. The fraction of sp³-hybridized carbons (Fsp3) is 0.429. The number of rotatable bonds is 5. The highest BCUT2D eigenvalue weighted by Crippen LogP contribution is 2.19. The fourth-order valence-electron chi connectivity index (χ4n) is 2.15. The molecule has 2 rings (SSSR count). The van der Waals surface area contributed by atoms with Gasteiger partial charge in [-0.25, -0.2) is 0 Å². The normalized spacial score (nSPS) is 10.9. The molecule has 0 spiro atoms. The number of aryl methyl sites for hydroxylation is 1. The van der Waals surface area contributed by atoms with E-state index in [0.717, 1.165) is 22.9 Å². The highest BCUT2D eigenvalue weighted by molar-refractivity contribution is 6.04. The summed E-state index contributed by atoms with van der Waals surface area (Å²) in [5.74, 6) is -0.132. The number of fused-ring (bicyclic) bond motifs is 1. The summed E-state index contributed by atoms with van der Waals surface area (Å²) in [7, 11) is 0. The third kappa shape index (κ3) is 2.76. The van der Waals surface area contributed by atoms with Crippen LogP contribution in [-0.2, 0) is 0 Å². The zero-order valence-electron chi connectivity index (χ0n) is 11.3. The first-order chi connectivity index (χ1) is 9.17. The highest BCUT2D eigenvalue weighted by atomic mass is 16.3. The van der Waals surface area contributed by atoms with Gasteiger partial charge in [0.05, 0.1) is 12.1 Å². The fourth-order valence-corrected chi connectivity index (χ4v) is 2.15. The standard InChI is InChI=1S/C14H19N3O2/c1-3-6-17(7-8-18)14(19)13-11-9-10(2)4-5-12(11)15-16-13/h4-5,9,18H,3,6-8H2,1-2H3,(H,15,16). The van der Waals surface area contributed by atoms with Crippen molar-refractivity contribution in [2.75, 3.05) is 19.7 Å². The molecule has 2 N–H and O–H groups in total. The largest absolute Gasteiger partial charge is 0.395 e. The van der Waals surface area contributed by atoms with Crippen LogP contribution in [0.3, 0.4) is 0 Å². The van der Waals surface area contributed by atoms with Crippen molar-refractivity contribution in [2.45, 2.75) is 20.3 Å². The van der Waals surface area contributed by atoms with E-state index in [4.69, 9.17) is 5.11 Å². The van der Waals surface area contributed by atoms with E-state index in [0.29, 0.717) is 18.8 Å². The first-order valence-corrected chi connectivity index (χ1v) is 6.52. The number of nitrogens with zero attached hydrogens (tertiary/aromatic N) is 2. The number of benzene rings is 1. The number of aromatic nitrogens is 2. The molecular weight excluding hydrogens is 242 g/mol. The van der Waals surface area contributed by atoms with E-state index in [2.05, 4.69) is 10.2 Å². The molecule has 5 nitrogen and oxygen atoms in total. The molecule has 0 bridgehead atoms. The molecular formula is C14H19N3O2. The van der Waals surface area contributed by atoms with Crippen molar-refractivity contribution in [3.8, 4) is 0 Å². The minimum absolute atomic E-state index is 0.0346. The van der Waals surface area contributed by atoms with Crippen molar-refractivity contribution < 1.29 is 9.90 Å². The van der Waals surface area contributed by atoms with Crippen LogP contribution in [0.2, 0.25) is 0 Å². The number of nitrogens with one attached hydrogen (secondary N) is 1. The first-order valence-electron chi connectivity index (χ1n) is 6.52. The molecule has 0 unspecified atom stereocenters. The quantitative estimate of drug-likeness (QED) is 0.861. The molecule has 0 aliphatic heterocycles. The van der Waals surface area contributed by atoms with Gasteiger partial charge in [-0.05, 0) is 25.5 Å². The number of hydrogen-bond acceptors (Lipinski definition) is 3. The van der Waals surface area contributed by atoms with Crippen molar-refractivity contribution >= 4 is 16.8 Å². The molecule has 2 aromatic rings. The van der Waals surface area contributed by atoms with Crippen LogP contribution in [-0.4, -0.2) is 45.8 Å². The molecule has 0 saturated carbocycles. The Morgan fingerprint density at radius 3 is 2.89 bits per heavy atom. The Hall–Kier alpha value is -1.88. The van der Waals surface area contributed by atoms with E-state index < -0.39 is 0 Å². The molecule has 0 aliphatic rings. The van der Waals surface area contributed by atoms with Crippen LogP contribution in [0.1, 0.15) is 29.4 Å². The van der Waals surface area contributed by atoms with Gasteiger partial charge >= 0.3 is 0 Å². The van der Waals surface area contributed by atoms with Gasteiger partial charge in [0.2, 0.25) is 0 Å². The highest BCUT2D eigenvalue weighted by Gasteiger charge is 2.20. The van der Waals surface area contributed by atoms with Gasteiger partial charge in [-0.15, -0.1) is 0 Å². The molecule has 102 valence electrons. The average Bonchev–Trinajstić information content (AvgIpc) is 2.80. The predicted octanol–water partition coefficient (Wildman–Crippen LogP) is 1.72. The van der Waals surface area contributed by atoms with Gasteiger partial charge in [-0.3, -0.25) is 9.89 Å². The Balaban J connectivity index is 2.36. The van der Waals surface area contributed by atoms with Gasteiger partial charge in [0, 0.05) is 18.5 Å². The number of aliphatic hydroxyl groups excluding tert-OH is 1. The summed E-state index contributed by atoms with van der Waals surface area (Å²) in [5.41, 5.74) is 2.38. The van der Waals surface area contributed by atoms with E-state index in [9.17, 15) is 4.79 Å². The Labute approximate surface area is 112 Å². The summed E-state index contributed by atoms with van der Waals surface area (Å²) in [5, 5.41) is 16.9. The lowest BCUT2D eigenvalue weighted by Gasteiger charge is -2.19. The van der Waals surface area contributed by atoms with Crippen molar-refractivity contribution in [2.24, 2.45) is 0 Å². The smallest absolute Gasteiger partial charge is 0.275 e. The number of hydrogen-bond donors (Lipinski definition) is 2. The van der Waals surface area contributed by atoms with E-state index >= 15 is 0 Å². The lowest BCUT2D eigenvalue weighted by molar-refractivity contribution is 0.0718. The molecule has 1 aromatic carbocycles. The van der Waals surface area contributed by atoms with Gasteiger partial charge < -0.3 is 10.0 Å². The van der Waals surface area contributed by atoms with E-state index in [1.54, 1.807) is 4.90 Å². The van der Waals surface area contributed by atoms with Crippen LogP contribution in [0.25, 0.3) is 10.9 Å². The summed E-state index contributed by atoms with van der Waals surface area (Å²) in [4.78, 5) is 14.1. The van der Waals surface area contributed by atoms with Gasteiger partial charge in [-0.2, -0.15) is 5.10 Å². The maximum atomic E-state index is 12.4. The summed E-state index contributed by atoms with van der Waals surface area (Å²) >= 11 is 0. The molecule has 1 aromatic heterocycles. The second kappa shape index (κ2) is 5.84. The zero-order valence-corrected chi connectivity index (χ0v) is 11.3. The number of carbonyl (C=O) groups excluding carboxylic acids is 1. The Bertz CT molecular complexity index is 571. The molecule has 0 fully saturated rings.